The number of sulfone groups is 1. The summed E-state index contributed by atoms with van der Waals surface area (Å²) in [6, 6.07) is 17.0. The third-order valence-electron chi connectivity index (χ3n) is 4.37. The Hall–Kier alpha value is -2.64. The first kappa shape index (κ1) is 20.1. The summed E-state index contributed by atoms with van der Waals surface area (Å²) in [6.07, 6.45) is 0.812. The van der Waals surface area contributed by atoms with E-state index in [1.807, 2.05) is 0 Å². The van der Waals surface area contributed by atoms with Crippen LogP contribution in [-0.2, 0) is 14.6 Å². The van der Waals surface area contributed by atoms with Gasteiger partial charge in [-0.25, -0.2) is 8.42 Å². The summed E-state index contributed by atoms with van der Waals surface area (Å²) in [7, 11) is -3.40. The zero-order valence-electron chi connectivity index (χ0n) is 14.9. The molecular formula is C20H19ClN2O4S. The number of rotatable bonds is 5. The number of hydrogen-bond acceptors (Lipinski definition) is 4. The molecule has 28 heavy (non-hydrogen) atoms. The van der Waals surface area contributed by atoms with Crippen LogP contribution in [0.2, 0.25) is 0 Å². The normalized spacial score (nSPS) is 18.8. The van der Waals surface area contributed by atoms with Crippen molar-refractivity contribution in [2.24, 2.45) is 0 Å². The molecule has 0 bridgehead atoms. The van der Waals surface area contributed by atoms with Crippen molar-refractivity contribution in [3.63, 3.8) is 0 Å². The van der Waals surface area contributed by atoms with Gasteiger partial charge in [-0.3, -0.25) is 9.59 Å². The van der Waals surface area contributed by atoms with E-state index < -0.39 is 27.0 Å². The fraction of sp³-hybridized carbons (Fsp3) is 0.200. The quantitative estimate of drug-likeness (QED) is 0.730. The second-order valence-corrected chi connectivity index (χ2v) is 9.03. The monoisotopic (exact) mass is 418 g/mol. The maximum atomic E-state index is 12.8. The van der Waals surface area contributed by atoms with Crippen LogP contribution < -0.4 is 10.6 Å². The first-order valence-corrected chi connectivity index (χ1v) is 10.8. The van der Waals surface area contributed by atoms with E-state index in [2.05, 4.69) is 10.6 Å². The van der Waals surface area contributed by atoms with Crippen molar-refractivity contribution in [2.75, 3.05) is 5.75 Å². The van der Waals surface area contributed by atoms with Crippen molar-refractivity contribution in [1.82, 2.24) is 10.6 Å². The Kier molecular flexibility index (Phi) is 6.16. The smallest absolute Gasteiger partial charge is 0.270 e. The molecule has 2 amide bonds. The van der Waals surface area contributed by atoms with Crippen molar-refractivity contribution < 1.29 is 18.0 Å². The summed E-state index contributed by atoms with van der Waals surface area (Å²) in [5.41, 5.74) is 0.680. The minimum absolute atomic E-state index is 0.0257. The Balaban J connectivity index is 1.92. The highest BCUT2D eigenvalue weighted by Crippen LogP contribution is 2.24. The predicted molar refractivity (Wildman–Crippen MR) is 108 cm³/mol. The summed E-state index contributed by atoms with van der Waals surface area (Å²) in [4.78, 5) is 25.4. The molecule has 0 radical (unpaired) electrons. The van der Waals surface area contributed by atoms with Crippen LogP contribution in [0.5, 0.6) is 0 Å². The second-order valence-electron chi connectivity index (χ2n) is 6.35. The van der Waals surface area contributed by atoms with Gasteiger partial charge in [0.25, 0.3) is 11.8 Å². The van der Waals surface area contributed by atoms with E-state index in [0.717, 1.165) is 0 Å². The number of carbonyl (C=O) groups is 2. The van der Waals surface area contributed by atoms with Crippen LogP contribution in [0.15, 0.2) is 66.4 Å². The molecular weight excluding hydrogens is 400 g/mol. The van der Waals surface area contributed by atoms with Gasteiger partial charge in [0, 0.05) is 5.56 Å². The summed E-state index contributed by atoms with van der Waals surface area (Å²) in [6.45, 7) is 0. The van der Waals surface area contributed by atoms with E-state index in [0.29, 0.717) is 24.0 Å². The van der Waals surface area contributed by atoms with Gasteiger partial charge < -0.3 is 10.6 Å². The highest BCUT2D eigenvalue weighted by molar-refractivity contribution is 7.92. The molecule has 2 aromatic carbocycles. The van der Waals surface area contributed by atoms with Gasteiger partial charge in [0.1, 0.15) is 11.1 Å². The molecule has 1 aliphatic rings. The molecule has 1 fully saturated rings. The van der Waals surface area contributed by atoms with Gasteiger partial charge in [-0.1, -0.05) is 60.1 Å². The topological polar surface area (TPSA) is 92.3 Å². The summed E-state index contributed by atoms with van der Waals surface area (Å²) < 4.78 is 24.1. The zero-order valence-corrected chi connectivity index (χ0v) is 16.5. The van der Waals surface area contributed by atoms with E-state index in [9.17, 15) is 18.0 Å². The van der Waals surface area contributed by atoms with Crippen LogP contribution in [-0.4, -0.2) is 31.4 Å². The van der Waals surface area contributed by atoms with E-state index in [4.69, 9.17) is 11.6 Å². The van der Waals surface area contributed by atoms with E-state index in [1.165, 1.54) is 0 Å². The number of amides is 2. The molecule has 3 rings (SSSR count). The van der Waals surface area contributed by atoms with E-state index in [1.54, 1.807) is 60.7 Å². The average molecular weight is 419 g/mol. The first-order valence-electron chi connectivity index (χ1n) is 8.72. The van der Waals surface area contributed by atoms with Crippen molar-refractivity contribution in [3.8, 4) is 0 Å². The lowest BCUT2D eigenvalue weighted by Gasteiger charge is -2.16. The molecule has 0 spiro atoms. The van der Waals surface area contributed by atoms with Gasteiger partial charge in [0.2, 0.25) is 0 Å². The van der Waals surface area contributed by atoms with Crippen LogP contribution in [0.25, 0.3) is 5.03 Å². The van der Waals surface area contributed by atoms with Gasteiger partial charge in [-0.2, -0.15) is 0 Å². The second kappa shape index (κ2) is 8.58. The van der Waals surface area contributed by atoms with Crippen molar-refractivity contribution in [1.29, 1.82) is 0 Å². The molecule has 1 saturated heterocycles. The predicted octanol–water partition coefficient (Wildman–Crippen LogP) is 2.67. The lowest BCUT2D eigenvalue weighted by molar-refractivity contribution is -0.118. The SMILES string of the molecule is O=C(N[C@H]1CCCS1(=O)=O)/C(NC(=O)c1ccccc1)=C(/Cl)c1ccccc1. The van der Waals surface area contributed by atoms with Crippen molar-refractivity contribution in [2.45, 2.75) is 18.2 Å². The van der Waals surface area contributed by atoms with Crippen LogP contribution in [0.3, 0.4) is 0 Å². The molecule has 1 heterocycles. The Bertz CT molecular complexity index is 1010. The fourth-order valence-electron chi connectivity index (χ4n) is 2.89. The van der Waals surface area contributed by atoms with Crippen LogP contribution in [0.1, 0.15) is 28.8 Å². The van der Waals surface area contributed by atoms with Crippen LogP contribution in [0.4, 0.5) is 0 Å². The number of benzene rings is 2. The fourth-order valence-corrected chi connectivity index (χ4v) is 4.81. The summed E-state index contributed by atoms with van der Waals surface area (Å²) in [5, 5.41) is 4.07. The van der Waals surface area contributed by atoms with Crippen LogP contribution >= 0.6 is 11.6 Å². The Labute approximate surface area is 168 Å². The van der Waals surface area contributed by atoms with E-state index in [-0.39, 0.29) is 16.5 Å². The Morgan fingerprint density at radius 1 is 0.929 bits per heavy atom. The minimum Gasteiger partial charge on any atom is -0.334 e. The van der Waals surface area contributed by atoms with Gasteiger partial charge in [-0.15, -0.1) is 0 Å². The third-order valence-corrected chi connectivity index (χ3v) is 6.85. The molecule has 146 valence electrons. The number of carbonyl (C=O) groups excluding carboxylic acids is 2. The molecule has 0 aliphatic carbocycles. The zero-order chi connectivity index (χ0) is 20.1. The third kappa shape index (κ3) is 4.61. The van der Waals surface area contributed by atoms with Gasteiger partial charge >= 0.3 is 0 Å². The number of hydrogen-bond donors (Lipinski definition) is 2. The molecule has 0 aromatic heterocycles. The lowest BCUT2D eigenvalue weighted by atomic mass is 10.1. The highest BCUT2D eigenvalue weighted by Gasteiger charge is 2.34. The molecule has 2 N–H and O–H groups in total. The highest BCUT2D eigenvalue weighted by atomic mass is 35.5. The molecule has 6 nitrogen and oxygen atoms in total. The number of halogens is 1. The number of nitrogens with one attached hydrogen (secondary N) is 2. The molecule has 0 unspecified atom stereocenters. The van der Waals surface area contributed by atoms with Crippen LogP contribution in [0, 0.1) is 0 Å². The van der Waals surface area contributed by atoms with Crippen molar-refractivity contribution in [3.05, 3.63) is 77.5 Å². The van der Waals surface area contributed by atoms with Gasteiger partial charge in [0.15, 0.2) is 9.84 Å². The maximum Gasteiger partial charge on any atom is 0.270 e. The first-order chi connectivity index (χ1) is 13.4. The molecule has 1 atom stereocenters. The lowest BCUT2D eigenvalue weighted by Crippen LogP contribution is -2.42. The van der Waals surface area contributed by atoms with Crippen molar-refractivity contribution >= 4 is 38.3 Å². The molecule has 0 saturated carbocycles. The maximum absolute atomic E-state index is 12.8. The average Bonchev–Trinajstić information content (AvgIpc) is 3.04. The minimum atomic E-state index is -3.40. The largest absolute Gasteiger partial charge is 0.334 e. The van der Waals surface area contributed by atoms with Gasteiger partial charge in [-0.05, 0) is 30.5 Å². The molecule has 8 heteroatoms. The standard InChI is InChI=1S/C20H19ClN2O4S/c21-17(14-8-3-1-4-9-14)18(23-19(24)15-10-5-2-6-11-15)20(25)22-16-12-7-13-28(16,26)27/h1-6,8-11,16H,7,12-13H2,(H,22,25)(H,23,24)/b18-17-/t16-/m1/s1. The summed E-state index contributed by atoms with van der Waals surface area (Å²) >= 11 is 6.41. The Morgan fingerprint density at radius 2 is 1.50 bits per heavy atom. The molecule has 1 aliphatic heterocycles. The van der Waals surface area contributed by atoms with E-state index >= 15 is 0 Å². The summed E-state index contributed by atoms with van der Waals surface area (Å²) in [5.74, 6) is -1.23. The van der Waals surface area contributed by atoms with Gasteiger partial charge in [0.05, 0.1) is 10.8 Å². The Morgan fingerprint density at radius 3 is 2.04 bits per heavy atom. The molecule has 2 aromatic rings.